The van der Waals surface area contributed by atoms with Crippen LogP contribution in [0.4, 0.5) is 0 Å². The summed E-state index contributed by atoms with van der Waals surface area (Å²) in [4.78, 5) is 0. The van der Waals surface area contributed by atoms with Gasteiger partial charge in [0.2, 0.25) is 0 Å². The molecule has 0 aliphatic carbocycles. The Balaban J connectivity index is 2.93. The van der Waals surface area contributed by atoms with Crippen LogP contribution in [0.1, 0.15) is 33.3 Å². The lowest BCUT2D eigenvalue weighted by Crippen LogP contribution is -2.40. The highest BCUT2D eigenvalue weighted by Crippen LogP contribution is 2.24. The van der Waals surface area contributed by atoms with E-state index in [0.717, 1.165) is 5.75 Å². The molecule has 0 heterocycles. The number of methoxy groups -OCH3 is 1. The zero-order chi connectivity index (χ0) is 11.5. The minimum Gasteiger partial charge on any atom is -0.497 e. The van der Waals surface area contributed by atoms with E-state index in [9.17, 15) is 0 Å². The van der Waals surface area contributed by atoms with Crippen molar-refractivity contribution in [3.05, 3.63) is 29.8 Å². The summed E-state index contributed by atoms with van der Waals surface area (Å²) in [6.07, 6.45) is 0. The molecule has 15 heavy (non-hydrogen) atoms. The fraction of sp³-hybridized carbons (Fsp3) is 0.538. The second-order valence-corrected chi connectivity index (χ2v) is 4.66. The normalized spacial score (nSPS) is 11.9. The molecule has 0 unspecified atom stereocenters. The summed E-state index contributed by atoms with van der Waals surface area (Å²) in [5, 5.41) is 3.53. The molecule has 0 spiro atoms. The van der Waals surface area contributed by atoms with Crippen LogP contribution in [-0.4, -0.2) is 13.2 Å². The Morgan fingerprint density at radius 3 is 2.47 bits per heavy atom. The molecule has 2 nitrogen and oxygen atoms in total. The maximum atomic E-state index is 5.23. The molecule has 1 N–H and O–H groups in total. The van der Waals surface area contributed by atoms with Gasteiger partial charge in [-0.2, -0.15) is 0 Å². The van der Waals surface area contributed by atoms with Gasteiger partial charge in [-0.05, 0) is 31.5 Å². The first kappa shape index (κ1) is 12.1. The minimum absolute atomic E-state index is 0.0251. The summed E-state index contributed by atoms with van der Waals surface area (Å²) in [5.74, 6) is 0.908. The Hall–Kier alpha value is -1.02. The third-order valence-electron chi connectivity index (χ3n) is 2.44. The van der Waals surface area contributed by atoms with Crippen molar-refractivity contribution in [1.82, 2.24) is 5.32 Å². The molecular formula is C13H21NO. The first-order valence-corrected chi connectivity index (χ1v) is 5.38. The third kappa shape index (κ3) is 3.24. The third-order valence-corrected chi connectivity index (χ3v) is 2.44. The average molecular weight is 207 g/mol. The molecule has 0 aliphatic rings. The summed E-state index contributed by atoms with van der Waals surface area (Å²) in [5.41, 5.74) is 1.22. The topological polar surface area (TPSA) is 21.3 Å². The molecule has 0 radical (unpaired) electrons. The van der Waals surface area contributed by atoms with E-state index in [4.69, 9.17) is 4.74 Å². The number of ether oxygens (including phenoxy) is 1. The second-order valence-electron chi connectivity index (χ2n) is 4.66. The van der Waals surface area contributed by atoms with E-state index in [1.165, 1.54) is 5.56 Å². The number of rotatable bonds is 4. The van der Waals surface area contributed by atoms with Crippen LogP contribution in [0.2, 0.25) is 0 Å². The number of hydrogen-bond donors (Lipinski definition) is 1. The van der Waals surface area contributed by atoms with Gasteiger partial charge >= 0.3 is 0 Å². The van der Waals surface area contributed by atoms with Crippen LogP contribution in [0.15, 0.2) is 24.3 Å². The van der Waals surface area contributed by atoms with Gasteiger partial charge < -0.3 is 10.1 Å². The molecule has 0 amide bonds. The van der Waals surface area contributed by atoms with Crippen LogP contribution >= 0.6 is 0 Å². The molecule has 0 fully saturated rings. The van der Waals surface area contributed by atoms with Crippen molar-refractivity contribution < 1.29 is 4.74 Å². The maximum Gasteiger partial charge on any atom is 0.119 e. The molecule has 0 atom stereocenters. The Morgan fingerprint density at radius 1 is 1.27 bits per heavy atom. The van der Waals surface area contributed by atoms with Crippen molar-refractivity contribution in [3.63, 3.8) is 0 Å². The van der Waals surface area contributed by atoms with Gasteiger partial charge in [-0.1, -0.05) is 26.0 Å². The smallest absolute Gasteiger partial charge is 0.119 e. The second kappa shape index (κ2) is 4.67. The van der Waals surface area contributed by atoms with E-state index in [2.05, 4.69) is 45.1 Å². The van der Waals surface area contributed by atoms with Crippen molar-refractivity contribution in [1.29, 1.82) is 0 Å². The average Bonchev–Trinajstić information content (AvgIpc) is 2.16. The molecule has 0 aromatic heterocycles. The Morgan fingerprint density at radius 2 is 1.93 bits per heavy atom. The van der Waals surface area contributed by atoms with E-state index in [0.29, 0.717) is 6.04 Å². The Bertz CT molecular complexity index is 318. The van der Waals surface area contributed by atoms with Crippen LogP contribution in [0.5, 0.6) is 5.75 Å². The predicted octanol–water partition coefficient (Wildman–Crippen LogP) is 2.93. The first-order chi connectivity index (χ1) is 6.95. The molecule has 84 valence electrons. The summed E-state index contributed by atoms with van der Waals surface area (Å²) in [6.45, 7) is 8.67. The molecular weight excluding hydrogens is 186 g/mol. The van der Waals surface area contributed by atoms with Gasteiger partial charge in [0.1, 0.15) is 5.75 Å². The lowest BCUT2D eigenvalue weighted by molar-refractivity contribution is 0.361. The van der Waals surface area contributed by atoms with E-state index in [1.807, 2.05) is 12.1 Å². The SMILES string of the molecule is COc1cccc(C(C)(C)NC(C)C)c1. The fourth-order valence-corrected chi connectivity index (χ4v) is 1.82. The number of nitrogens with one attached hydrogen (secondary N) is 1. The first-order valence-electron chi connectivity index (χ1n) is 5.38. The van der Waals surface area contributed by atoms with Gasteiger partial charge in [-0.15, -0.1) is 0 Å². The highest BCUT2D eigenvalue weighted by atomic mass is 16.5. The van der Waals surface area contributed by atoms with Crippen molar-refractivity contribution in [2.45, 2.75) is 39.3 Å². The van der Waals surface area contributed by atoms with Gasteiger partial charge in [-0.25, -0.2) is 0 Å². The highest BCUT2D eigenvalue weighted by Gasteiger charge is 2.21. The largest absolute Gasteiger partial charge is 0.497 e. The predicted molar refractivity (Wildman–Crippen MR) is 64.3 cm³/mol. The standard InChI is InChI=1S/C13H21NO/c1-10(2)14-13(3,4)11-7-6-8-12(9-11)15-5/h6-10,14H,1-5H3. The Labute approximate surface area is 92.6 Å². The van der Waals surface area contributed by atoms with E-state index in [1.54, 1.807) is 7.11 Å². The van der Waals surface area contributed by atoms with Gasteiger partial charge in [0, 0.05) is 11.6 Å². The van der Waals surface area contributed by atoms with Crippen molar-refractivity contribution in [3.8, 4) is 5.75 Å². The molecule has 1 rings (SSSR count). The molecule has 1 aromatic carbocycles. The number of benzene rings is 1. The van der Waals surface area contributed by atoms with Crippen LogP contribution < -0.4 is 10.1 Å². The molecule has 0 aliphatic heterocycles. The lowest BCUT2D eigenvalue weighted by Gasteiger charge is -2.29. The molecule has 1 aromatic rings. The monoisotopic (exact) mass is 207 g/mol. The van der Waals surface area contributed by atoms with E-state index < -0.39 is 0 Å². The quantitative estimate of drug-likeness (QED) is 0.819. The van der Waals surface area contributed by atoms with Crippen molar-refractivity contribution >= 4 is 0 Å². The summed E-state index contributed by atoms with van der Waals surface area (Å²) in [7, 11) is 1.70. The lowest BCUT2D eigenvalue weighted by atomic mass is 9.93. The van der Waals surface area contributed by atoms with Gasteiger partial charge in [0.25, 0.3) is 0 Å². The van der Waals surface area contributed by atoms with E-state index in [-0.39, 0.29) is 5.54 Å². The summed E-state index contributed by atoms with van der Waals surface area (Å²) >= 11 is 0. The molecule has 2 heteroatoms. The zero-order valence-corrected chi connectivity index (χ0v) is 10.3. The summed E-state index contributed by atoms with van der Waals surface area (Å²) < 4.78 is 5.23. The van der Waals surface area contributed by atoms with Crippen molar-refractivity contribution in [2.24, 2.45) is 0 Å². The highest BCUT2D eigenvalue weighted by molar-refractivity contribution is 5.32. The summed E-state index contributed by atoms with van der Waals surface area (Å²) in [6, 6.07) is 8.66. The maximum absolute atomic E-state index is 5.23. The molecule has 0 saturated heterocycles. The molecule has 0 bridgehead atoms. The van der Waals surface area contributed by atoms with Gasteiger partial charge in [0.15, 0.2) is 0 Å². The van der Waals surface area contributed by atoms with Crippen LogP contribution in [-0.2, 0) is 5.54 Å². The zero-order valence-electron chi connectivity index (χ0n) is 10.3. The van der Waals surface area contributed by atoms with Gasteiger partial charge in [0.05, 0.1) is 7.11 Å². The minimum atomic E-state index is -0.0251. The van der Waals surface area contributed by atoms with Crippen LogP contribution in [0.25, 0.3) is 0 Å². The number of hydrogen-bond acceptors (Lipinski definition) is 2. The van der Waals surface area contributed by atoms with Crippen LogP contribution in [0.3, 0.4) is 0 Å². The van der Waals surface area contributed by atoms with E-state index >= 15 is 0 Å². The van der Waals surface area contributed by atoms with Crippen molar-refractivity contribution in [2.75, 3.05) is 7.11 Å². The van der Waals surface area contributed by atoms with Gasteiger partial charge in [-0.3, -0.25) is 0 Å². The molecule has 0 saturated carbocycles. The fourth-order valence-electron chi connectivity index (χ4n) is 1.82. The van der Waals surface area contributed by atoms with Crippen LogP contribution in [0, 0.1) is 0 Å². The Kier molecular flexibility index (Phi) is 3.75.